The van der Waals surface area contributed by atoms with Crippen molar-refractivity contribution in [2.45, 2.75) is 13.0 Å². The lowest BCUT2D eigenvalue weighted by molar-refractivity contribution is -0.128. The lowest BCUT2D eigenvalue weighted by Gasteiger charge is -2.14. The Labute approximate surface area is 126 Å². The molecule has 0 saturated carbocycles. The summed E-state index contributed by atoms with van der Waals surface area (Å²) in [6.07, 6.45) is 0.557. The number of hydrazine groups is 1. The number of carbonyl (C=O) groups is 2. The van der Waals surface area contributed by atoms with E-state index in [2.05, 4.69) is 10.9 Å². The Hall–Kier alpha value is -2.47. The van der Waals surface area contributed by atoms with E-state index in [9.17, 15) is 9.59 Å². The van der Waals surface area contributed by atoms with Crippen LogP contribution < -0.4 is 15.6 Å². The number of amides is 2. The Balaban J connectivity index is 1.84. The van der Waals surface area contributed by atoms with Crippen LogP contribution in [0.4, 0.5) is 0 Å². The Bertz CT molecular complexity index is 628. The molecule has 0 radical (unpaired) electrons. The number of furan rings is 1. The minimum Gasteiger partial charge on any atom is -0.481 e. The van der Waals surface area contributed by atoms with Gasteiger partial charge in [-0.1, -0.05) is 17.7 Å². The highest BCUT2D eigenvalue weighted by molar-refractivity contribution is 6.30. The van der Waals surface area contributed by atoms with Gasteiger partial charge in [0.2, 0.25) is 0 Å². The minimum absolute atomic E-state index is 0.0960. The van der Waals surface area contributed by atoms with Gasteiger partial charge in [-0.25, -0.2) is 0 Å². The average molecular weight is 309 g/mol. The van der Waals surface area contributed by atoms with Crippen LogP contribution in [0.1, 0.15) is 17.5 Å². The van der Waals surface area contributed by atoms with Crippen molar-refractivity contribution in [3.8, 4) is 5.75 Å². The topological polar surface area (TPSA) is 80.6 Å². The third kappa shape index (κ3) is 4.25. The second-order valence-corrected chi connectivity index (χ2v) is 4.57. The summed E-state index contributed by atoms with van der Waals surface area (Å²) >= 11 is 5.82. The first-order chi connectivity index (χ1) is 10.1. The van der Waals surface area contributed by atoms with Crippen LogP contribution in [-0.2, 0) is 4.79 Å². The lowest BCUT2D eigenvalue weighted by Crippen LogP contribution is -2.47. The molecule has 0 bridgehead atoms. The van der Waals surface area contributed by atoms with E-state index in [1.807, 2.05) is 0 Å². The van der Waals surface area contributed by atoms with Crippen LogP contribution in [0, 0.1) is 0 Å². The van der Waals surface area contributed by atoms with Gasteiger partial charge in [0.05, 0.1) is 6.26 Å². The predicted molar refractivity (Wildman–Crippen MR) is 75.9 cm³/mol. The van der Waals surface area contributed by atoms with Crippen LogP contribution in [0.2, 0.25) is 5.02 Å². The molecule has 2 amide bonds. The van der Waals surface area contributed by atoms with Crippen LogP contribution in [0.15, 0.2) is 47.1 Å². The zero-order valence-electron chi connectivity index (χ0n) is 11.1. The van der Waals surface area contributed by atoms with Crippen molar-refractivity contribution >= 4 is 23.4 Å². The van der Waals surface area contributed by atoms with E-state index in [0.717, 1.165) is 0 Å². The summed E-state index contributed by atoms with van der Waals surface area (Å²) in [5.74, 6) is -0.501. The molecular weight excluding hydrogens is 296 g/mol. The second-order valence-electron chi connectivity index (χ2n) is 4.14. The molecule has 0 aliphatic heterocycles. The number of carbonyl (C=O) groups excluding carboxylic acids is 2. The summed E-state index contributed by atoms with van der Waals surface area (Å²) in [7, 11) is 0. The maximum absolute atomic E-state index is 11.8. The molecule has 21 heavy (non-hydrogen) atoms. The fourth-order valence-electron chi connectivity index (χ4n) is 1.49. The summed E-state index contributed by atoms with van der Waals surface area (Å²) in [4.78, 5) is 23.3. The molecule has 6 nitrogen and oxygen atoms in total. The van der Waals surface area contributed by atoms with Crippen molar-refractivity contribution in [1.29, 1.82) is 0 Å². The van der Waals surface area contributed by atoms with E-state index in [1.165, 1.54) is 12.3 Å². The lowest BCUT2D eigenvalue weighted by atomic mass is 10.3. The van der Waals surface area contributed by atoms with Crippen LogP contribution in [-0.4, -0.2) is 17.9 Å². The first-order valence-corrected chi connectivity index (χ1v) is 6.50. The highest BCUT2D eigenvalue weighted by atomic mass is 35.5. The SMILES string of the molecule is C[C@@H](Oc1cccc(Cl)c1)C(=O)NNC(=O)c1ccco1. The fraction of sp³-hybridized carbons (Fsp3) is 0.143. The summed E-state index contributed by atoms with van der Waals surface area (Å²) < 4.78 is 10.3. The van der Waals surface area contributed by atoms with Gasteiger partial charge in [-0.15, -0.1) is 0 Å². The summed E-state index contributed by atoms with van der Waals surface area (Å²) in [6, 6.07) is 9.72. The quantitative estimate of drug-likeness (QED) is 0.848. The van der Waals surface area contributed by atoms with Crippen molar-refractivity contribution in [2.24, 2.45) is 0 Å². The highest BCUT2D eigenvalue weighted by Gasteiger charge is 2.16. The summed E-state index contributed by atoms with van der Waals surface area (Å²) in [5.41, 5.74) is 4.47. The molecule has 2 aromatic rings. The van der Waals surface area contributed by atoms with Gasteiger partial charge in [-0.3, -0.25) is 20.4 Å². The molecule has 1 atom stereocenters. The number of hydrogen-bond acceptors (Lipinski definition) is 4. The zero-order chi connectivity index (χ0) is 15.2. The van der Waals surface area contributed by atoms with Gasteiger partial charge in [-0.2, -0.15) is 0 Å². The Morgan fingerprint density at radius 2 is 2.05 bits per heavy atom. The van der Waals surface area contributed by atoms with E-state index < -0.39 is 17.9 Å². The largest absolute Gasteiger partial charge is 0.481 e. The molecular formula is C14H13ClN2O4. The van der Waals surface area contributed by atoms with Gasteiger partial charge in [-0.05, 0) is 37.3 Å². The van der Waals surface area contributed by atoms with Crippen LogP contribution in [0.3, 0.4) is 0 Å². The fourth-order valence-corrected chi connectivity index (χ4v) is 1.67. The number of ether oxygens (including phenoxy) is 1. The molecule has 7 heteroatoms. The Kier molecular flexibility index (Phi) is 4.84. The maximum Gasteiger partial charge on any atom is 0.305 e. The average Bonchev–Trinajstić information content (AvgIpc) is 2.98. The van der Waals surface area contributed by atoms with E-state index >= 15 is 0 Å². The van der Waals surface area contributed by atoms with E-state index in [-0.39, 0.29) is 5.76 Å². The molecule has 0 spiro atoms. The van der Waals surface area contributed by atoms with Crippen molar-refractivity contribution < 1.29 is 18.7 Å². The summed E-state index contributed by atoms with van der Waals surface area (Å²) in [5, 5.41) is 0.506. The second kappa shape index (κ2) is 6.81. The van der Waals surface area contributed by atoms with Crippen molar-refractivity contribution in [3.05, 3.63) is 53.4 Å². The molecule has 1 aromatic carbocycles. The third-order valence-corrected chi connectivity index (χ3v) is 2.76. The molecule has 1 heterocycles. The summed E-state index contributed by atoms with van der Waals surface area (Å²) in [6.45, 7) is 1.55. The van der Waals surface area contributed by atoms with Crippen molar-refractivity contribution in [3.63, 3.8) is 0 Å². The van der Waals surface area contributed by atoms with Crippen LogP contribution >= 0.6 is 11.6 Å². The molecule has 110 valence electrons. The standard InChI is InChI=1S/C14H13ClN2O4/c1-9(21-11-5-2-4-10(15)8-11)13(18)16-17-14(19)12-6-3-7-20-12/h2-9H,1H3,(H,16,18)(H,17,19)/t9-/m1/s1. The van der Waals surface area contributed by atoms with E-state index in [1.54, 1.807) is 37.3 Å². The highest BCUT2D eigenvalue weighted by Crippen LogP contribution is 2.18. The number of nitrogens with one attached hydrogen (secondary N) is 2. The number of halogens is 1. The first kappa shape index (κ1) is 14.9. The third-order valence-electron chi connectivity index (χ3n) is 2.52. The molecule has 0 saturated heterocycles. The normalized spacial score (nSPS) is 11.5. The Morgan fingerprint density at radius 1 is 1.24 bits per heavy atom. The van der Waals surface area contributed by atoms with Gasteiger partial charge in [0.15, 0.2) is 11.9 Å². The molecule has 1 aromatic heterocycles. The van der Waals surface area contributed by atoms with Gasteiger partial charge < -0.3 is 9.15 Å². The van der Waals surface area contributed by atoms with Gasteiger partial charge in [0.1, 0.15) is 5.75 Å². The predicted octanol–water partition coefficient (Wildman–Crippen LogP) is 2.16. The van der Waals surface area contributed by atoms with Gasteiger partial charge in [0.25, 0.3) is 5.91 Å². The van der Waals surface area contributed by atoms with Crippen LogP contribution in [0.5, 0.6) is 5.75 Å². The minimum atomic E-state index is -0.805. The Morgan fingerprint density at radius 3 is 2.71 bits per heavy atom. The molecule has 2 N–H and O–H groups in total. The van der Waals surface area contributed by atoms with Crippen LogP contribution in [0.25, 0.3) is 0 Å². The van der Waals surface area contributed by atoms with Gasteiger partial charge in [0, 0.05) is 5.02 Å². The maximum atomic E-state index is 11.8. The van der Waals surface area contributed by atoms with E-state index in [4.69, 9.17) is 20.8 Å². The number of benzene rings is 1. The molecule has 0 aliphatic carbocycles. The zero-order valence-corrected chi connectivity index (χ0v) is 11.9. The van der Waals surface area contributed by atoms with Crippen molar-refractivity contribution in [1.82, 2.24) is 10.9 Å². The first-order valence-electron chi connectivity index (χ1n) is 6.12. The van der Waals surface area contributed by atoms with Gasteiger partial charge >= 0.3 is 5.91 Å². The number of hydrogen-bond donors (Lipinski definition) is 2. The number of rotatable bonds is 4. The van der Waals surface area contributed by atoms with E-state index in [0.29, 0.717) is 10.8 Å². The monoisotopic (exact) mass is 308 g/mol. The smallest absolute Gasteiger partial charge is 0.305 e. The molecule has 2 rings (SSSR count). The molecule has 0 aliphatic rings. The molecule has 0 unspecified atom stereocenters. The van der Waals surface area contributed by atoms with Crippen molar-refractivity contribution in [2.75, 3.05) is 0 Å². The molecule has 0 fully saturated rings.